The lowest BCUT2D eigenvalue weighted by atomic mass is 10.0. The number of H-pyrrole nitrogens is 1. The van der Waals surface area contributed by atoms with E-state index in [-0.39, 0.29) is 18.2 Å². The quantitative estimate of drug-likeness (QED) is 0.749. The number of nitrogens with one attached hydrogen (secondary N) is 1. The van der Waals surface area contributed by atoms with E-state index in [1.165, 1.54) is 6.20 Å². The Morgan fingerprint density at radius 2 is 2.30 bits per heavy atom. The Bertz CT molecular complexity index is 871. The van der Waals surface area contributed by atoms with Crippen molar-refractivity contribution in [3.05, 3.63) is 47.5 Å². The Hall–Kier alpha value is -2.67. The number of hydrogen-bond donors (Lipinski definition) is 2. The van der Waals surface area contributed by atoms with E-state index in [4.69, 9.17) is 4.42 Å². The predicted octanol–water partition coefficient (Wildman–Crippen LogP) is 1.59. The molecule has 2 aromatic heterocycles. The average Bonchev–Trinajstić information content (AvgIpc) is 3.25. The molecule has 1 aliphatic rings. The number of aromatic nitrogens is 3. The second-order valence-corrected chi connectivity index (χ2v) is 6.02. The van der Waals surface area contributed by atoms with Gasteiger partial charge in [0.1, 0.15) is 16.9 Å². The number of carbonyl (C=O) groups is 1. The zero-order valence-corrected chi connectivity index (χ0v) is 12.6. The summed E-state index contributed by atoms with van der Waals surface area (Å²) in [5.74, 6) is 0.0632. The van der Waals surface area contributed by atoms with Crippen LogP contribution in [0.3, 0.4) is 0 Å². The number of aliphatic hydroxyl groups is 1. The maximum atomic E-state index is 12.6. The van der Waals surface area contributed by atoms with E-state index in [0.29, 0.717) is 24.2 Å². The molecule has 1 aliphatic heterocycles. The summed E-state index contributed by atoms with van der Waals surface area (Å²) in [5, 5.41) is 21.7. The number of amides is 1. The molecule has 3 heterocycles. The van der Waals surface area contributed by atoms with Crippen molar-refractivity contribution in [2.45, 2.75) is 18.9 Å². The summed E-state index contributed by atoms with van der Waals surface area (Å²) in [6, 6.07) is 7.53. The number of aromatic amines is 1. The zero-order valence-electron chi connectivity index (χ0n) is 12.6. The lowest BCUT2D eigenvalue weighted by molar-refractivity contribution is 0.0374. The average molecular weight is 312 g/mol. The summed E-state index contributed by atoms with van der Waals surface area (Å²) >= 11 is 0. The van der Waals surface area contributed by atoms with Gasteiger partial charge in [0.15, 0.2) is 5.76 Å². The molecule has 0 aliphatic carbocycles. The molecule has 1 amide bonds. The molecule has 3 aromatic rings. The standard InChI is InChI=1S/C16H16N4O3/c1-10-2-3-12-11(6-10)7-13(23-12)15(21)20-5-4-16(22,9-20)14-8-17-19-18-14/h2-3,6-8,22H,4-5,9H2,1H3,(H,17,18,19). The minimum Gasteiger partial charge on any atom is -0.451 e. The van der Waals surface area contributed by atoms with Crippen molar-refractivity contribution in [2.24, 2.45) is 0 Å². The minimum absolute atomic E-state index is 0.175. The van der Waals surface area contributed by atoms with Crippen molar-refractivity contribution in [1.82, 2.24) is 20.3 Å². The number of hydrogen-bond acceptors (Lipinski definition) is 5. The van der Waals surface area contributed by atoms with E-state index in [1.54, 1.807) is 11.0 Å². The van der Waals surface area contributed by atoms with Crippen LogP contribution in [0.5, 0.6) is 0 Å². The Labute approximate surface area is 131 Å². The fourth-order valence-electron chi connectivity index (χ4n) is 3.03. The number of carbonyl (C=O) groups excluding carboxylic acids is 1. The van der Waals surface area contributed by atoms with Crippen LogP contribution < -0.4 is 0 Å². The highest BCUT2D eigenvalue weighted by molar-refractivity contribution is 5.96. The summed E-state index contributed by atoms with van der Waals surface area (Å²) < 4.78 is 5.65. The molecule has 0 bridgehead atoms. The van der Waals surface area contributed by atoms with E-state index in [9.17, 15) is 9.90 Å². The molecule has 1 fully saturated rings. The van der Waals surface area contributed by atoms with Crippen molar-refractivity contribution in [2.75, 3.05) is 13.1 Å². The number of fused-ring (bicyclic) bond motifs is 1. The maximum absolute atomic E-state index is 12.6. The third kappa shape index (κ3) is 2.29. The molecule has 118 valence electrons. The van der Waals surface area contributed by atoms with Gasteiger partial charge in [-0.05, 0) is 25.1 Å². The van der Waals surface area contributed by atoms with E-state index >= 15 is 0 Å². The fraction of sp³-hybridized carbons (Fsp3) is 0.312. The minimum atomic E-state index is -1.16. The van der Waals surface area contributed by atoms with Gasteiger partial charge in [-0.3, -0.25) is 4.79 Å². The third-order valence-electron chi connectivity index (χ3n) is 4.31. The van der Waals surface area contributed by atoms with Crippen molar-refractivity contribution in [3.8, 4) is 0 Å². The molecule has 7 heteroatoms. The van der Waals surface area contributed by atoms with Gasteiger partial charge in [-0.1, -0.05) is 11.6 Å². The van der Waals surface area contributed by atoms with Crippen LogP contribution in [0.15, 0.2) is 34.9 Å². The van der Waals surface area contributed by atoms with E-state index in [2.05, 4.69) is 15.4 Å². The van der Waals surface area contributed by atoms with Crippen molar-refractivity contribution >= 4 is 16.9 Å². The van der Waals surface area contributed by atoms with Crippen LogP contribution in [0.25, 0.3) is 11.0 Å². The summed E-state index contributed by atoms with van der Waals surface area (Å²) in [6.07, 6.45) is 1.91. The Morgan fingerprint density at radius 3 is 3.09 bits per heavy atom. The smallest absolute Gasteiger partial charge is 0.289 e. The Balaban J connectivity index is 1.59. The van der Waals surface area contributed by atoms with Crippen molar-refractivity contribution in [1.29, 1.82) is 0 Å². The van der Waals surface area contributed by atoms with Gasteiger partial charge in [-0.2, -0.15) is 15.4 Å². The maximum Gasteiger partial charge on any atom is 0.289 e. The first kappa shape index (κ1) is 14.0. The summed E-state index contributed by atoms with van der Waals surface area (Å²) in [5.41, 5.74) is 1.09. The monoisotopic (exact) mass is 312 g/mol. The first-order valence-electron chi connectivity index (χ1n) is 7.43. The van der Waals surface area contributed by atoms with E-state index < -0.39 is 5.60 Å². The molecule has 0 spiro atoms. The van der Waals surface area contributed by atoms with Gasteiger partial charge in [0.05, 0.1) is 12.7 Å². The summed E-state index contributed by atoms with van der Waals surface area (Å²) in [4.78, 5) is 14.2. The molecule has 0 saturated carbocycles. The number of furan rings is 1. The van der Waals surface area contributed by atoms with Gasteiger partial charge >= 0.3 is 0 Å². The predicted molar refractivity (Wildman–Crippen MR) is 81.8 cm³/mol. The van der Waals surface area contributed by atoms with Gasteiger partial charge in [0.2, 0.25) is 0 Å². The molecular formula is C16H16N4O3. The topological polar surface area (TPSA) is 95.3 Å². The molecule has 1 unspecified atom stereocenters. The second kappa shape index (κ2) is 4.92. The van der Waals surface area contributed by atoms with Gasteiger partial charge in [0, 0.05) is 18.4 Å². The van der Waals surface area contributed by atoms with Crippen LogP contribution in [0.1, 0.15) is 28.2 Å². The third-order valence-corrected chi connectivity index (χ3v) is 4.31. The molecule has 4 rings (SSSR count). The normalized spacial score (nSPS) is 21.2. The highest BCUT2D eigenvalue weighted by atomic mass is 16.3. The number of rotatable bonds is 2. The SMILES string of the molecule is Cc1ccc2oc(C(=O)N3CCC(O)(c4cn[nH]n4)C3)cc2c1. The number of nitrogens with zero attached hydrogens (tertiary/aromatic N) is 3. The zero-order chi connectivity index (χ0) is 16.0. The lowest BCUT2D eigenvalue weighted by Crippen LogP contribution is -2.34. The van der Waals surface area contributed by atoms with Crippen LogP contribution >= 0.6 is 0 Å². The molecule has 1 saturated heterocycles. The highest BCUT2D eigenvalue weighted by Gasteiger charge is 2.42. The number of aryl methyl sites for hydroxylation is 1. The molecule has 1 atom stereocenters. The molecule has 23 heavy (non-hydrogen) atoms. The lowest BCUT2D eigenvalue weighted by Gasteiger charge is -2.20. The second-order valence-electron chi connectivity index (χ2n) is 6.02. The van der Waals surface area contributed by atoms with E-state index in [1.807, 2.05) is 25.1 Å². The molecule has 1 aromatic carbocycles. The Morgan fingerprint density at radius 1 is 1.43 bits per heavy atom. The van der Waals surface area contributed by atoms with E-state index in [0.717, 1.165) is 10.9 Å². The van der Waals surface area contributed by atoms with Crippen LogP contribution in [-0.2, 0) is 5.60 Å². The number of β-amino-alcohol motifs (C(OH)–C–C–N with tert-alkyl or cyclic N) is 1. The fourth-order valence-corrected chi connectivity index (χ4v) is 3.03. The van der Waals surface area contributed by atoms with Gasteiger partial charge < -0.3 is 14.4 Å². The summed E-state index contributed by atoms with van der Waals surface area (Å²) in [7, 11) is 0. The number of benzene rings is 1. The molecule has 0 radical (unpaired) electrons. The summed E-state index contributed by atoms with van der Waals surface area (Å²) in [6.45, 7) is 2.61. The Kier molecular flexibility index (Phi) is 2.99. The van der Waals surface area contributed by atoms with Crippen LogP contribution in [0.2, 0.25) is 0 Å². The molecule has 2 N–H and O–H groups in total. The van der Waals surface area contributed by atoms with Gasteiger partial charge in [-0.25, -0.2) is 0 Å². The molecule has 7 nitrogen and oxygen atoms in total. The van der Waals surface area contributed by atoms with Crippen LogP contribution in [-0.4, -0.2) is 44.4 Å². The van der Waals surface area contributed by atoms with Crippen molar-refractivity contribution < 1.29 is 14.3 Å². The highest BCUT2D eigenvalue weighted by Crippen LogP contribution is 2.31. The van der Waals surface area contributed by atoms with Crippen molar-refractivity contribution in [3.63, 3.8) is 0 Å². The van der Waals surface area contributed by atoms with Crippen LogP contribution in [0.4, 0.5) is 0 Å². The largest absolute Gasteiger partial charge is 0.451 e. The first-order chi connectivity index (χ1) is 11.0. The van der Waals surface area contributed by atoms with Gasteiger partial charge in [0.25, 0.3) is 5.91 Å². The first-order valence-corrected chi connectivity index (χ1v) is 7.43. The van der Waals surface area contributed by atoms with Crippen LogP contribution in [0, 0.1) is 6.92 Å². The van der Waals surface area contributed by atoms with Gasteiger partial charge in [-0.15, -0.1) is 0 Å². The number of likely N-dealkylation sites (tertiary alicyclic amines) is 1. The molecular weight excluding hydrogens is 296 g/mol.